The van der Waals surface area contributed by atoms with E-state index in [1.807, 2.05) is 6.07 Å². The molecule has 0 atom stereocenters. The molecule has 2 rings (SSSR count). The van der Waals surface area contributed by atoms with Crippen molar-refractivity contribution in [2.24, 2.45) is 5.73 Å². The van der Waals surface area contributed by atoms with Crippen LogP contribution in [0.15, 0.2) is 30.5 Å². The highest BCUT2D eigenvalue weighted by Crippen LogP contribution is 2.29. The van der Waals surface area contributed by atoms with Gasteiger partial charge in [-0.25, -0.2) is 4.98 Å². The van der Waals surface area contributed by atoms with Crippen LogP contribution in [-0.4, -0.2) is 23.0 Å². The molecule has 0 radical (unpaired) electrons. The summed E-state index contributed by atoms with van der Waals surface area (Å²) in [4.78, 5) is 14.7. The first-order valence-electron chi connectivity index (χ1n) is 6.20. The first-order chi connectivity index (χ1) is 9.24. The molecule has 0 aliphatic rings. The molecule has 19 heavy (non-hydrogen) atoms. The molecule has 0 saturated carbocycles. The zero-order valence-electron chi connectivity index (χ0n) is 10.5. The Kier molecular flexibility index (Phi) is 4.25. The smallest absolute Gasteiger partial charge is 0.295 e. The topological polar surface area (TPSA) is 94.1 Å². The summed E-state index contributed by atoms with van der Waals surface area (Å²) in [5, 5.41) is 15.0. The predicted octanol–water partition coefficient (Wildman–Crippen LogP) is 2.29. The summed E-state index contributed by atoms with van der Waals surface area (Å²) in [5.41, 5.74) is 6.75. The van der Waals surface area contributed by atoms with Crippen LogP contribution in [0.5, 0.6) is 0 Å². The van der Waals surface area contributed by atoms with Gasteiger partial charge in [-0.05, 0) is 37.6 Å². The van der Waals surface area contributed by atoms with Gasteiger partial charge < -0.3 is 11.1 Å². The second kappa shape index (κ2) is 6.10. The summed E-state index contributed by atoms with van der Waals surface area (Å²) in [7, 11) is 0. The Morgan fingerprint density at radius 1 is 1.32 bits per heavy atom. The number of non-ortho nitro benzene ring substituents is 1. The standard InChI is InChI=1S/C13H16N4O2/c14-7-1-2-8-15-11-5-6-12(17(18)19)13-10(11)4-3-9-16-13/h3-6,9,15H,1-2,7-8,14H2. The van der Waals surface area contributed by atoms with Crippen LogP contribution in [0, 0.1) is 10.1 Å². The lowest BCUT2D eigenvalue weighted by Crippen LogP contribution is -2.06. The molecule has 0 bridgehead atoms. The summed E-state index contributed by atoms with van der Waals surface area (Å²) in [6.07, 6.45) is 3.49. The molecule has 1 aromatic heterocycles. The van der Waals surface area contributed by atoms with Gasteiger partial charge >= 0.3 is 0 Å². The Labute approximate surface area is 110 Å². The van der Waals surface area contributed by atoms with Crippen molar-refractivity contribution in [2.75, 3.05) is 18.4 Å². The average molecular weight is 260 g/mol. The highest BCUT2D eigenvalue weighted by atomic mass is 16.6. The minimum absolute atomic E-state index is 0.0307. The number of benzene rings is 1. The lowest BCUT2D eigenvalue weighted by Gasteiger charge is -2.09. The molecule has 3 N–H and O–H groups in total. The van der Waals surface area contributed by atoms with Crippen LogP contribution in [0.2, 0.25) is 0 Å². The van der Waals surface area contributed by atoms with E-state index in [-0.39, 0.29) is 5.69 Å². The van der Waals surface area contributed by atoms with E-state index in [9.17, 15) is 10.1 Å². The number of nitro benzene ring substituents is 1. The number of aromatic nitrogens is 1. The van der Waals surface area contributed by atoms with Crippen molar-refractivity contribution in [3.63, 3.8) is 0 Å². The van der Waals surface area contributed by atoms with E-state index in [0.29, 0.717) is 12.1 Å². The highest BCUT2D eigenvalue weighted by Gasteiger charge is 2.14. The number of anilines is 1. The van der Waals surface area contributed by atoms with E-state index in [1.165, 1.54) is 6.07 Å². The van der Waals surface area contributed by atoms with Crippen LogP contribution in [0.3, 0.4) is 0 Å². The first kappa shape index (κ1) is 13.2. The van der Waals surface area contributed by atoms with Crippen LogP contribution >= 0.6 is 0 Å². The second-order valence-corrected chi connectivity index (χ2v) is 4.21. The quantitative estimate of drug-likeness (QED) is 0.472. The van der Waals surface area contributed by atoms with Crippen LogP contribution < -0.4 is 11.1 Å². The Hall–Kier alpha value is -2.21. The number of hydrogen-bond acceptors (Lipinski definition) is 5. The molecule has 0 aliphatic heterocycles. The summed E-state index contributed by atoms with van der Waals surface area (Å²) in [5.74, 6) is 0. The summed E-state index contributed by atoms with van der Waals surface area (Å²) in [6.45, 7) is 1.46. The first-order valence-corrected chi connectivity index (χ1v) is 6.20. The van der Waals surface area contributed by atoms with Gasteiger partial charge in [0.15, 0.2) is 0 Å². The molecule has 6 nitrogen and oxygen atoms in total. The molecule has 0 unspecified atom stereocenters. The van der Waals surface area contributed by atoms with Crippen molar-refractivity contribution in [3.8, 4) is 0 Å². The molecule has 100 valence electrons. The Bertz CT molecular complexity index is 586. The van der Waals surface area contributed by atoms with Gasteiger partial charge in [-0.1, -0.05) is 0 Å². The molecule has 0 spiro atoms. The van der Waals surface area contributed by atoms with E-state index in [4.69, 9.17) is 5.73 Å². The number of fused-ring (bicyclic) bond motifs is 1. The fourth-order valence-electron chi connectivity index (χ4n) is 1.95. The van der Waals surface area contributed by atoms with Gasteiger partial charge in [-0.15, -0.1) is 0 Å². The third-order valence-corrected chi connectivity index (χ3v) is 2.89. The Morgan fingerprint density at radius 2 is 2.16 bits per heavy atom. The van der Waals surface area contributed by atoms with Gasteiger partial charge in [-0.2, -0.15) is 0 Å². The van der Waals surface area contributed by atoms with Crippen LogP contribution in [0.4, 0.5) is 11.4 Å². The summed E-state index contributed by atoms with van der Waals surface area (Å²) < 4.78 is 0. The molecule has 0 saturated heterocycles. The number of nitrogens with two attached hydrogens (primary N) is 1. The van der Waals surface area contributed by atoms with Gasteiger partial charge in [0.25, 0.3) is 5.69 Å². The highest BCUT2D eigenvalue weighted by molar-refractivity contribution is 5.96. The van der Waals surface area contributed by atoms with Crippen LogP contribution in [0.25, 0.3) is 10.9 Å². The molecular weight excluding hydrogens is 244 g/mol. The monoisotopic (exact) mass is 260 g/mol. The third-order valence-electron chi connectivity index (χ3n) is 2.89. The van der Waals surface area contributed by atoms with Crippen molar-refractivity contribution in [1.82, 2.24) is 4.98 Å². The van der Waals surface area contributed by atoms with Gasteiger partial charge in [-0.3, -0.25) is 10.1 Å². The Balaban J connectivity index is 2.30. The van der Waals surface area contributed by atoms with Crippen molar-refractivity contribution >= 4 is 22.3 Å². The maximum absolute atomic E-state index is 11.0. The van der Waals surface area contributed by atoms with Crippen molar-refractivity contribution in [2.45, 2.75) is 12.8 Å². The lowest BCUT2D eigenvalue weighted by molar-refractivity contribution is -0.383. The fraction of sp³-hybridized carbons (Fsp3) is 0.308. The van der Waals surface area contributed by atoms with Crippen molar-refractivity contribution in [1.29, 1.82) is 0 Å². The minimum atomic E-state index is -0.409. The number of unbranched alkanes of at least 4 members (excludes halogenated alkanes) is 1. The van der Waals surface area contributed by atoms with E-state index in [1.54, 1.807) is 18.3 Å². The normalized spacial score (nSPS) is 10.6. The predicted molar refractivity (Wildman–Crippen MR) is 75.2 cm³/mol. The van der Waals surface area contributed by atoms with Crippen molar-refractivity contribution in [3.05, 3.63) is 40.6 Å². The number of nitrogens with zero attached hydrogens (tertiary/aromatic N) is 2. The molecule has 1 aromatic carbocycles. The third kappa shape index (κ3) is 2.97. The molecule has 1 heterocycles. The number of pyridine rings is 1. The van der Waals surface area contributed by atoms with Crippen molar-refractivity contribution < 1.29 is 4.92 Å². The largest absolute Gasteiger partial charge is 0.384 e. The molecule has 0 fully saturated rings. The number of hydrogen-bond donors (Lipinski definition) is 2. The maximum Gasteiger partial charge on any atom is 0.295 e. The van der Waals surface area contributed by atoms with Gasteiger partial charge in [0.05, 0.1) is 4.92 Å². The van der Waals surface area contributed by atoms with E-state index in [0.717, 1.165) is 30.5 Å². The number of nitrogens with one attached hydrogen (secondary N) is 1. The number of nitro groups is 1. The zero-order valence-corrected chi connectivity index (χ0v) is 10.5. The lowest BCUT2D eigenvalue weighted by atomic mass is 10.1. The summed E-state index contributed by atoms with van der Waals surface area (Å²) in [6, 6.07) is 6.82. The van der Waals surface area contributed by atoms with Crippen LogP contribution in [-0.2, 0) is 0 Å². The maximum atomic E-state index is 11.0. The van der Waals surface area contributed by atoms with Gasteiger partial charge in [0, 0.05) is 29.9 Å². The molecular formula is C13H16N4O2. The number of rotatable bonds is 6. The molecule has 0 aliphatic carbocycles. The second-order valence-electron chi connectivity index (χ2n) is 4.21. The molecule has 0 amide bonds. The molecule has 2 aromatic rings. The van der Waals surface area contributed by atoms with E-state index < -0.39 is 4.92 Å². The Morgan fingerprint density at radius 3 is 2.89 bits per heavy atom. The zero-order chi connectivity index (χ0) is 13.7. The average Bonchev–Trinajstić information content (AvgIpc) is 2.43. The van der Waals surface area contributed by atoms with Gasteiger partial charge in [0.2, 0.25) is 0 Å². The molecule has 6 heteroatoms. The van der Waals surface area contributed by atoms with Gasteiger partial charge in [0.1, 0.15) is 5.52 Å². The SMILES string of the molecule is NCCCCNc1ccc([N+](=O)[O-])c2ncccc12. The van der Waals surface area contributed by atoms with E-state index in [2.05, 4.69) is 10.3 Å². The van der Waals surface area contributed by atoms with E-state index >= 15 is 0 Å². The summed E-state index contributed by atoms with van der Waals surface area (Å²) >= 11 is 0. The van der Waals surface area contributed by atoms with Crippen LogP contribution in [0.1, 0.15) is 12.8 Å². The fourth-order valence-corrected chi connectivity index (χ4v) is 1.95. The minimum Gasteiger partial charge on any atom is -0.384 e.